The van der Waals surface area contributed by atoms with Crippen LogP contribution in [0.15, 0.2) is 10.8 Å². The molecule has 2 heterocycles. The summed E-state index contributed by atoms with van der Waals surface area (Å²) in [6.45, 7) is 2.64. The summed E-state index contributed by atoms with van der Waals surface area (Å²) in [7, 11) is 0. The molecule has 2 rings (SSSR count). The lowest BCUT2D eigenvalue weighted by Gasteiger charge is -2.00. The Balaban J connectivity index is 1.80. The van der Waals surface area contributed by atoms with Crippen molar-refractivity contribution in [3.8, 4) is 0 Å². The number of hydrogen-bond donors (Lipinski definition) is 2. The van der Waals surface area contributed by atoms with E-state index in [0.29, 0.717) is 17.4 Å². The molecular weight excluding hydrogens is 268 g/mol. The van der Waals surface area contributed by atoms with Gasteiger partial charge in [0.15, 0.2) is 5.13 Å². The minimum absolute atomic E-state index is 0.186. The Morgan fingerprint density at radius 3 is 2.83 bits per heavy atom. The first-order valence-electron chi connectivity index (χ1n) is 5.61. The van der Waals surface area contributed by atoms with Gasteiger partial charge in [-0.15, -0.1) is 22.7 Å². The second-order valence-corrected chi connectivity index (χ2v) is 5.50. The third kappa shape index (κ3) is 3.27. The van der Waals surface area contributed by atoms with Crippen LogP contribution in [0.2, 0.25) is 0 Å². The quantitative estimate of drug-likeness (QED) is 0.875. The molecule has 3 N–H and O–H groups in total. The second-order valence-electron chi connectivity index (χ2n) is 3.66. The van der Waals surface area contributed by atoms with E-state index in [-0.39, 0.29) is 5.91 Å². The molecule has 0 saturated carbocycles. The maximum absolute atomic E-state index is 11.7. The van der Waals surface area contributed by atoms with Crippen molar-refractivity contribution in [1.29, 1.82) is 0 Å². The average molecular weight is 282 g/mol. The molecular formula is C11H14N4OS2. The number of anilines is 1. The van der Waals surface area contributed by atoms with Crippen LogP contribution in [0.3, 0.4) is 0 Å². The number of nitrogens with one attached hydrogen (secondary N) is 1. The fourth-order valence-electron chi connectivity index (χ4n) is 1.41. The van der Waals surface area contributed by atoms with E-state index in [9.17, 15) is 4.79 Å². The summed E-state index contributed by atoms with van der Waals surface area (Å²) in [6, 6.07) is 0. The summed E-state index contributed by atoms with van der Waals surface area (Å²) in [5.74, 6) is -0.186. The minimum Gasteiger partial charge on any atom is -0.375 e. The predicted molar refractivity (Wildman–Crippen MR) is 74.1 cm³/mol. The number of carbonyl (C=O) groups is 1. The Morgan fingerprint density at radius 2 is 2.22 bits per heavy atom. The summed E-state index contributed by atoms with van der Waals surface area (Å²) < 4.78 is 0. The van der Waals surface area contributed by atoms with Gasteiger partial charge >= 0.3 is 0 Å². The van der Waals surface area contributed by atoms with Crippen molar-refractivity contribution in [3.63, 3.8) is 0 Å². The van der Waals surface area contributed by atoms with Gasteiger partial charge in [0.05, 0.1) is 10.7 Å². The van der Waals surface area contributed by atoms with Crippen molar-refractivity contribution in [2.75, 3.05) is 12.3 Å². The first kappa shape index (κ1) is 13.0. The number of hydrogen-bond acceptors (Lipinski definition) is 6. The van der Waals surface area contributed by atoms with Gasteiger partial charge in [-0.3, -0.25) is 4.79 Å². The number of nitrogens with zero attached hydrogens (tertiary/aromatic N) is 2. The molecule has 1 amide bonds. The van der Waals surface area contributed by atoms with Crippen molar-refractivity contribution in [2.24, 2.45) is 0 Å². The summed E-state index contributed by atoms with van der Waals surface area (Å²) in [4.78, 5) is 20.0. The highest BCUT2D eigenvalue weighted by Crippen LogP contribution is 2.11. The van der Waals surface area contributed by atoms with Gasteiger partial charge < -0.3 is 11.1 Å². The topological polar surface area (TPSA) is 80.9 Å². The van der Waals surface area contributed by atoms with Gasteiger partial charge in [-0.05, 0) is 6.42 Å². The van der Waals surface area contributed by atoms with Crippen LogP contribution in [0.5, 0.6) is 0 Å². The third-order valence-corrected chi connectivity index (χ3v) is 4.04. The monoisotopic (exact) mass is 282 g/mol. The number of amides is 1. The molecule has 0 spiro atoms. The smallest absolute Gasteiger partial charge is 0.270 e. The lowest BCUT2D eigenvalue weighted by atomic mass is 10.3. The molecule has 0 aliphatic carbocycles. The maximum Gasteiger partial charge on any atom is 0.270 e. The van der Waals surface area contributed by atoms with E-state index in [1.165, 1.54) is 11.3 Å². The fraction of sp³-hybridized carbons (Fsp3) is 0.364. The van der Waals surface area contributed by atoms with Crippen molar-refractivity contribution in [2.45, 2.75) is 19.8 Å². The summed E-state index contributed by atoms with van der Waals surface area (Å²) >= 11 is 2.92. The van der Waals surface area contributed by atoms with Gasteiger partial charge in [0, 0.05) is 23.7 Å². The molecule has 96 valence electrons. The van der Waals surface area contributed by atoms with E-state index >= 15 is 0 Å². The van der Waals surface area contributed by atoms with E-state index in [1.54, 1.807) is 16.7 Å². The zero-order chi connectivity index (χ0) is 13.0. The summed E-state index contributed by atoms with van der Waals surface area (Å²) in [5.41, 5.74) is 6.88. The van der Waals surface area contributed by atoms with Gasteiger partial charge in [-0.1, -0.05) is 6.92 Å². The summed E-state index contributed by atoms with van der Waals surface area (Å²) in [6.07, 6.45) is 1.69. The van der Waals surface area contributed by atoms with E-state index in [1.807, 2.05) is 5.38 Å². The molecule has 18 heavy (non-hydrogen) atoms. The van der Waals surface area contributed by atoms with Crippen molar-refractivity contribution < 1.29 is 4.79 Å². The Hall–Kier alpha value is -1.47. The van der Waals surface area contributed by atoms with Gasteiger partial charge in [-0.2, -0.15) is 0 Å². The van der Waals surface area contributed by atoms with E-state index < -0.39 is 0 Å². The number of aryl methyl sites for hydroxylation is 1. The largest absolute Gasteiger partial charge is 0.375 e. The molecule has 0 bridgehead atoms. The fourth-order valence-corrected chi connectivity index (χ4v) is 2.74. The lowest BCUT2D eigenvalue weighted by molar-refractivity contribution is 0.0950. The molecule has 7 heteroatoms. The number of nitrogens with two attached hydrogens (primary N) is 1. The van der Waals surface area contributed by atoms with Crippen LogP contribution < -0.4 is 11.1 Å². The molecule has 0 radical (unpaired) electrons. The van der Waals surface area contributed by atoms with Crippen LogP contribution in [0, 0.1) is 0 Å². The number of nitrogen functional groups attached to an aromatic ring is 1. The first-order valence-corrected chi connectivity index (χ1v) is 7.37. The third-order valence-electron chi connectivity index (χ3n) is 2.32. The van der Waals surface area contributed by atoms with Gasteiger partial charge in [0.1, 0.15) is 5.69 Å². The molecule has 0 atom stereocenters. The molecule has 0 fully saturated rings. The highest BCUT2D eigenvalue weighted by Gasteiger charge is 2.09. The van der Waals surface area contributed by atoms with Crippen LogP contribution in [-0.4, -0.2) is 22.4 Å². The van der Waals surface area contributed by atoms with Gasteiger partial charge in [0.2, 0.25) is 0 Å². The first-order chi connectivity index (χ1) is 8.69. The van der Waals surface area contributed by atoms with Crippen molar-refractivity contribution in [3.05, 3.63) is 27.2 Å². The second kappa shape index (κ2) is 5.92. The highest BCUT2D eigenvalue weighted by atomic mass is 32.1. The maximum atomic E-state index is 11.7. The summed E-state index contributed by atoms with van der Waals surface area (Å²) in [5, 5.41) is 8.03. The van der Waals surface area contributed by atoms with E-state index in [0.717, 1.165) is 23.5 Å². The van der Waals surface area contributed by atoms with Crippen LogP contribution in [0.25, 0.3) is 0 Å². The SMILES string of the molecule is CCc1nc(CCNC(=O)c2csc(N)n2)cs1. The Labute approximate surface area is 113 Å². The van der Waals surface area contributed by atoms with Crippen LogP contribution >= 0.6 is 22.7 Å². The lowest BCUT2D eigenvalue weighted by Crippen LogP contribution is -2.26. The number of carbonyl (C=O) groups excluding carboxylic acids is 1. The van der Waals surface area contributed by atoms with E-state index in [2.05, 4.69) is 22.2 Å². The van der Waals surface area contributed by atoms with Crippen LogP contribution in [0.1, 0.15) is 28.1 Å². The Bertz CT molecular complexity index is 535. The standard InChI is InChI=1S/C11H14N4OS2/c1-2-9-14-7(5-17-9)3-4-13-10(16)8-6-18-11(12)15-8/h5-6H,2-4H2,1H3,(H2,12,15)(H,13,16). The van der Waals surface area contributed by atoms with E-state index in [4.69, 9.17) is 5.73 Å². The van der Waals surface area contributed by atoms with Crippen LogP contribution in [0.4, 0.5) is 5.13 Å². The Kier molecular flexibility index (Phi) is 4.27. The minimum atomic E-state index is -0.186. The molecule has 2 aromatic heterocycles. The predicted octanol–water partition coefficient (Wildman–Crippen LogP) is 1.72. The normalized spacial score (nSPS) is 10.5. The average Bonchev–Trinajstić information content (AvgIpc) is 2.98. The van der Waals surface area contributed by atoms with Crippen LogP contribution in [-0.2, 0) is 12.8 Å². The molecule has 0 saturated heterocycles. The zero-order valence-electron chi connectivity index (χ0n) is 9.97. The Morgan fingerprint density at radius 1 is 1.39 bits per heavy atom. The van der Waals surface area contributed by atoms with Gasteiger partial charge in [0.25, 0.3) is 5.91 Å². The molecule has 0 aliphatic heterocycles. The molecule has 5 nitrogen and oxygen atoms in total. The molecule has 2 aromatic rings. The molecule has 0 unspecified atom stereocenters. The van der Waals surface area contributed by atoms with Crippen molar-refractivity contribution in [1.82, 2.24) is 15.3 Å². The molecule has 0 aliphatic rings. The zero-order valence-corrected chi connectivity index (χ0v) is 11.6. The number of thiazole rings is 2. The van der Waals surface area contributed by atoms with Gasteiger partial charge in [-0.25, -0.2) is 9.97 Å². The number of aromatic nitrogens is 2. The highest BCUT2D eigenvalue weighted by molar-refractivity contribution is 7.13. The van der Waals surface area contributed by atoms with Crippen molar-refractivity contribution >= 4 is 33.7 Å². The molecule has 0 aromatic carbocycles. The number of rotatable bonds is 5.